The van der Waals surface area contributed by atoms with Crippen LogP contribution in [0, 0.1) is 5.41 Å². The van der Waals surface area contributed by atoms with Crippen molar-refractivity contribution in [3.05, 3.63) is 70.3 Å². The number of rotatable bonds is 13. The van der Waals surface area contributed by atoms with E-state index in [-0.39, 0.29) is 18.1 Å². The zero-order chi connectivity index (χ0) is 31.7. The number of halogens is 1. The Balaban J connectivity index is 1.27. The van der Waals surface area contributed by atoms with E-state index < -0.39 is 15.9 Å². The van der Waals surface area contributed by atoms with Crippen molar-refractivity contribution in [2.24, 2.45) is 5.41 Å². The van der Waals surface area contributed by atoms with Crippen molar-refractivity contribution >= 4 is 44.8 Å². The molecule has 0 unspecified atom stereocenters. The number of sulfonamides is 1. The Bertz CT molecular complexity index is 1410. The summed E-state index contributed by atoms with van der Waals surface area (Å²) in [6.45, 7) is 11.4. The van der Waals surface area contributed by atoms with Gasteiger partial charge in [-0.15, -0.1) is 0 Å². The summed E-state index contributed by atoms with van der Waals surface area (Å²) in [4.78, 5) is 28.9. The average Bonchev–Trinajstić information content (AvgIpc) is 2.98. The lowest BCUT2D eigenvalue weighted by Gasteiger charge is -2.39. The second-order valence-electron chi connectivity index (χ2n) is 12.6. The van der Waals surface area contributed by atoms with Gasteiger partial charge in [-0.25, -0.2) is 13.1 Å². The van der Waals surface area contributed by atoms with Gasteiger partial charge >= 0.3 is 5.97 Å². The van der Waals surface area contributed by atoms with Crippen LogP contribution in [0.3, 0.4) is 0 Å². The van der Waals surface area contributed by atoms with Crippen molar-refractivity contribution in [3.8, 4) is 0 Å². The molecule has 8 nitrogen and oxygen atoms in total. The SMILES string of the molecule is CCOC(=O)CCCCCS(=O)(=O)NC(=O)c1ccc(N2CCN(CC3=C(c4ccc(Cl)cc4)CCC(C)(C)C3)CC2)cc1. The van der Waals surface area contributed by atoms with Gasteiger partial charge in [0.1, 0.15) is 0 Å². The lowest BCUT2D eigenvalue weighted by atomic mass is 9.73. The fourth-order valence-corrected chi connectivity index (χ4v) is 7.26. The summed E-state index contributed by atoms with van der Waals surface area (Å²) in [5.74, 6) is -1.08. The van der Waals surface area contributed by atoms with E-state index in [0.29, 0.717) is 36.8 Å². The van der Waals surface area contributed by atoms with Gasteiger partial charge < -0.3 is 9.64 Å². The maximum absolute atomic E-state index is 12.6. The topological polar surface area (TPSA) is 96.0 Å². The molecule has 1 heterocycles. The van der Waals surface area contributed by atoms with Crippen LogP contribution in [-0.4, -0.2) is 70.3 Å². The van der Waals surface area contributed by atoms with Gasteiger partial charge in [-0.1, -0.05) is 49.6 Å². The molecule has 4 rings (SSSR count). The van der Waals surface area contributed by atoms with Gasteiger partial charge in [0.2, 0.25) is 10.0 Å². The number of esters is 1. The summed E-state index contributed by atoms with van der Waals surface area (Å²) < 4.78 is 31.9. The number of allylic oxidation sites excluding steroid dienone is 1. The number of hydrogen-bond acceptors (Lipinski definition) is 7. The highest BCUT2D eigenvalue weighted by Crippen LogP contribution is 2.42. The third-order valence-electron chi connectivity index (χ3n) is 8.49. The van der Waals surface area contributed by atoms with E-state index in [1.165, 1.54) is 23.1 Å². The Morgan fingerprint density at radius 1 is 0.955 bits per heavy atom. The highest BCUT2D eigenvalue weighted by molar-refractivity contribution is 7.90. The Labute approximate surface area is 267 Å². The van der Waals surface area contributed by atoms with E-state index in [2.05, 4.69) is 40.5 Å². The first-order chi connectivity index (χ1) is 20.9. The number of amides is 1. The standard InChI is InChI=1S/C34H46ClN3O5S/c1-4-43-32(39)8-6-5-7-23-44(41,42)36-33(40)27-11-15-30(16-12-27)38-21-19-37(20-22-38)25-28-24-34(2,3)18-17-31(28)26-9-13-29(35)14-10-26/h9-16H,4-8,17-25H2,1-3H3,(H,36,40). The predicted octanol–water partition coefficient (Wildman–Crippen LogP) is 6.31. The summed E-state index contributed by atoms with van der Waals surface area (Å²) >= 11 is 6.16. The van der Waals surface area contributed by atoms with Crippen LogP contribution in [0.2, 0.25) is 5.02 Å². The number of nitrogens with zero attached hydrogens (tertiary/aromatic N) is 2. The maximum Gasteiger partial charge on any atom is 0.305 e. The lowest BCUT2D eigenvalue weighted by Crippen LogP contribution is -2.47. The van der Waals surface area contributed by atoms with Crippen molar-refractivity contribution in [1.82, 2.24) is 9.62 Å². The fraction of sp³-hybridized carbons (Fsp3) is 0.529. The van der Waals surface area contributed by atoms with Crippen molar-refractivity contribution in [2.75, 3.05) is 50.0 Å². The van der Waals surface area contributed by atoms with Gasteiger partial charge in [-0.05, 0) is 92.0 Å². The summed E-state index contributed by atoms with van der Waals surface area (Å²) in [6.07, 6.45) is 5.12. The molecular formula is C34H46ClN3O5S. The fourth-order valence-electron chi connectivity index (χ4n) is 6.04. The molecule has 0 saturated carbocycles. The molecule has 240 valence electrons. The Morgan fingerprint density at radius 3 is 2.30 bits per heavy atom. The molecule has 0 bridgehead atoms. The van der Waals surface area contributed by atoms with Crippen molar-refractivity contribution in [2.45, 2.75) is 65.7 Å². The monoisotopic (exact) mass is 643 g/mol. The van der Waals surface area contributed by atoms with E-state index in [0.717, 1.165) is 56.3 Å². The maximum atomic E-state index is 12.6. The number of unbranched alkanes of at least 4 members (excludes halogenated alkanes) is 2. The second-order valence-corrected chi connectivity index (χ2v) is 14.9. The molecule has 44 heavy (non-hydrogen) atoms. The number of carbonyl (C=O) groups excluding carboxylic acids is 2. The molecule has 2 aromatic carbocycles. The number of benzene rings is 2. The number of piperazine rings is 1. The Morgan fingerprint density at radius 2 is 1.64 bits per heavy atom. The van der Waals surface area contributed by atoms with Crippen molar-refractivity contribution in [1.29, 1.82) is 0 Å². The molecule has 1 aliphatic heterocycles. The van der Waals surface area contributed by atoms with E-state index in [1.54, 1.807) is 19.1 Å². The summed E-state index contributed by atoms with van der Waals surface area (Å²) in [5, 5.41) is 0.762. The lowest BCUT2D eigenvalue weighted by molar-refractivity contribution is -0.143. The van der Waals surface area contributed by atoms with Crippen LogP contribution in [-0.2, 0) is 19.6 Å². The number of ether oxygens (including phenoxy) is 1. The summed E-state index contributed by atoms with van der Waals surface area (Å²) in [5.41, 5.74) is 5.89. The molecule has 1 saturated heterocycles. The van der Waals surface area contributed by atoms with Gasteiger partial charge in [0.15, 0.2) is 0 Å². The van der Waals surface area contributed by atoms with Crippen molar-refractivity contribution in [3.63, 3.8) is 0 Å². The van der Waals surface area contributed by atoms with Crippen LogP contribution < -0.4 is 9.62 Å². The molecule has 2 aliphatic rings. The minimum Gasteiger partial charge on any atom is -0.466 e. The van der Waals surface area contributed by atoms with Crippen LogP contribution in [0.25, 0.3) is 5.57 Å². The van der Waals surface area contributed by atoms with E-state index in [9.17, 15) is 18.0 Å². The zero-order valence-electron chi connectivity index (χ0n) is 26.2. The molecule has 1 aliphatic carbocycles. The van der Waals surface area contributed by atoms with Crippen LogP contribution in [0.5, 0.6) is 0 Å². The first-order valence-electron chi connectivity index (χ1n) is 15.7. The highest BCUT2D eigenvalue weighted by Gasteiger charge is 2.29. The zero-order valence-corrected chi connectivity index (χ0v) is 27.8. The van der Waals surface area contributed by atoms with Gasteiger partial charge in [0, 0.05) is 55.4 Å². The molecule has 0 spiro atoms. The van der Waals surface area contributed by atoms with Gasteiger partial charge in [0.05, 0.1) is 12.4 Å². The number of anilines is 1. The second kappa shape index (κ2) is 15.4. The van der Waals surface area contributed by atoms with Crippen molar-refractivity contribution < 1.29 is 22.7 Å². The quantitative estimate of drug-likeness (QED) is 0.202. The Hall–Kier alpha value is -2.88. The number of hydrogen-bond donors (Lipinski definition) is 1. The van der Waals surface area contributed by atoms with Crippen LogP contribution in [0.4, 0.5) is 5.69 Å². The van der Waals surface area contributed by atoms with Crippen LogP contribution >= 0.6 is 11.6 Å². The number of nitrogens with one attached hydrogen (secondary N) is 1. The van der Waals surface area contributed by atoms with E-state index in [4.69, 9.17) is 16.3 Å². The van der Waals surface area contributed by atoms with Crippen LogP contribution in [0.1, 0.15) is 81.6 Å². The third kappa shape index (κ3) is 10.1. The molecule has 0 atom stereocenters. The van der Waals surface area contributed by atoms with Gasteiger partial charge in [-0.3, -0.25) is 14.5 Å². The smallest absolute Gasteiger partial charge is 0.305 e. The van der Waals surface area contributed by atoms with Crippen LogP contribution in [0.15, 0.2) is 54.1 Å². The molecule has 2 aromatic rings. The molecule has 0 aromatic heterocycles. The minimum atomic E-state index is -3.76. The average molecular weight is 644 g/mol. The molecule has 1 fully saturated rings. The number of carbonyl (C=O) groups is 2. The first kappa shape index (κ1) is 34.0. The van der Waals surface area contributed by atoms with Gasteiger partial charge in [0.25, 0.3) is 5.91 Å². The van der Waals surface area contributed by atoms with Gasteiger partial charge in [-0.2, -0.15) is 0 Å². The molecule has 0 radical (unpaired) electrons. The third-order valence-corrected chi connectivity index (χ3v) is 10.1. The first-order valence-corrected chi connectivity index (χ1v) is 17.7. The summed E-state index contributed by atoms with van der Waals surface area (Å²) in [6, 6.07) is 15.4. The minimum absolute atomic E-state index is 0.167. The molecule has 1 N–H and O–H groups in total. The molecule has 10 heteroatoms. The highest BCUT2D eigenvalue weighted by atomic mass is 35.5. The van der Waals surface area contributed by atoms with E-state index in [1.807, 2.05) is 24.3 Å². The summed E-state index contributed by atoms with van der Waals surface area (Å²) in [7, 11) is -3.76. The normalized spacial score (nSPS) is 17.4. The molecule has 1 amide bonds. The predicted molar refractivity (Wildman–Crippen MR) is 177 cm³/mol. The molecular weight excluding hydrogens is 598 g/mol. The largest absolute Gasteiger partial charge is 0.466 e. The Kier molecular flexibility index (Phi) is 11.9. The van der Waals surface area contributed by atoms with E-state index >= 15 is 0 Å².